The minimum Gasteiger partial charge on any atom is -0.464 e. The average molecular weight is 350 g/mol. The van der Waals surface area contributed by atoms with Crippen LogP contribution in [0.1, 0.15) is 47.2 Å². The van der Waals surface area contributed by atoms with Gasteiger partial charge in [0.25, 0.3) is 5.91 Å². The predicted octanol–water partition coefficient (Wildman–Crippen LogP) is 3.14. The van der Waals surface area contributed by atoms with E-state index in [2.05, 4.69) is 12.2 Å². The lowest BCUT2D eigenvalue weighted by Gasteiger charge is -2.07. The first kappa shape index (κ1) is 18.2. The molecule has 0 saturated heterocycles. The van der Waals surface area contributed by atoms with E-state index in [9.17, 15) is 13.2 Å². The lowest BCUT2D eigenvalue weighted by atomic mass is 10.1. The summed E-state index contributed by atoms with van der Waals surface area (Å²) in [7, 11) is -4.05. The van der Waals surface area contributed by atoms with Gasteiger partial charge in [-0.3, -0.25) is 4.79 Å². The van der Waals surface area contributed by atoms with E-state index in [1.54, 1.807) is 12.1 Å². The van der Waals surface area contributed by atoms with Crippen molar-refractivity contribution >= 4 is 21.6 Å². The summed E-state index contributed by atoms with van der Waals surface area (Å²) in [6.07, 6.45) is 3.21. The van der Waals surface area contributed by atoms with Crippen molar-refractivity contribution in [1.82, 2.24) is 0 Å². The highest BCUT2D eigenvalue weighted by Crippen LogP contribution is 2.26. The highest BCUT2D eigenvalue weighted by atomic mass is 32.2. The highest BCUT2D eigenvalue weighted by molar-refractivity contribution is 7.89. The van der Waals surface area contributed by atoms with Crippen molar-refractivity contribution in [2.75, 3.05) is 5.32 Å². The van der Waals surface area contributed by atoms with E-state index in [0.717, 1.165) is 19.3 Å². The maximum atomic E-state index is 12.5. The Labute approximate surface area is 142 Å². The zero-order valence-corrected chi connectivity index (χ0v) is 14.9. The number of sulfonamides is 1. The van der Waals surface area contributed by atoms with E-state index in [1.165, 1.54) is 19.4 Å². The summed E-state index contributed by atoms with van der Waals surface area (Å²) in [5.41, 5.74) is 1.72. The van der Waals surface area contributed by atoms with Gasteiger partial charge in [0.05, 0.1) is 0 Å². The van der Waals surface area contributed by atoms with Crippen LogP contribution in [0.5, 0.6) is 0 Å². The van der Waals surface area contributed by atoms with Gasteiger partial charge in [0.2, 0.25) is 10.0 Å². The molecule has 1 aromatic heterocycles. The van der Waals surface area contributed by atoms with E-state index in [1.807, 2.05) is 12.1 Å². The Morgan fingerprint density at radius 3 is 2.33 bits per heavy atom. The number of anilines is 1. The molecule has 3 N–H and O–H groups in total. The number of benzene rings is 1. The molecule has 2 rings (SSSR count). The molecule has 1 heterocycles. The number of furan rings is 1. The van der Waals surface area contributed by atoms with Crippen molar-refractivity contribution in [3.05, 3.63) is 46.9 Å². The number of carbonyl (C=O) groups excluding carboxylic acids is 1. The van der Waals surface area contributed by atoms with Crippen molar-refractivity contribution < 1.29 is 17.6 Å². The van der Waals surface area contributed by atoms with Crippen molar-refractivity contribution in [3.63, 3.8) is 0 Å². The molecule has 0 unspecified atom stereocenters. The third-order valence-corrected chi connectivity index (χ3v) is 4.81. The monoisotopic (exact) mass is 350 g/mol. The van der Waals surface area contributed by atoms with E-state index in [4.69, 9.17) is 9.56 Å². The molecule has 0 atom stereocenters. The Hall–Kier alpha value is -2.12. The molecule has 1 aromatic carbocycles. The van der Waals surface area contributed by atoms with E-state index in [0.29, 0.717) is 5.69 Å². The molecule has 0 saturated carbocycles. The summed E-state index contributed by atoms with van der Waals surface area (Å²) >= 11 is 0. The van der Waals surface area contributed by atoms with Crippen LogP contribution in [0, 0.1) is 13.8 Å². The molecule has 0 fully saturated rings. The largest absolute Gasteiger partial charge is 0.464 e. The van der Waals surface area contributed by atoms with Crippen LogP contribution < -0.4 is 10.5 Å². The topological polar surface area (TPSA) is 102 Å². The van der Waals surface area contributed by atoms with Gasteiger partial charge in [-0.15, -0.1) is 0 Å². The molecule has 130 valence electrons. The maximum absolute atomic E-state index is 12.5. The second kappa shape index (κ2) is 7.19. The minimum absolute atomic E-state index is 0.0509. The van der Waals surface area contributed by atoms with Crippen LogP contribution in [-0.4, -0.2) is 14.3 Å². The quantitative estimate of drug-likeness (QED) is 0.835. The molecule has 0 bridgehead atoms. The third-order valence-electron chi connectivity index (χ3n) is 3.75. The molecule has 0 aliphatic heterocycles. The fraction of sp³-hybridized carbons (Fsp3) is 0.353. The maximum Gasteiger partial charge on any atom is 0.260 e. The number of nitrogens with one attached hydrogen (secondary N) is 1. The second-order valence-electron chi connectivity index (χ2n) is 5.72. The van der Waals surface area contributed by atoms with E-state index in [-0.39, 0.29) is 22.0 Å². The van der Waals surface area contributed by atoms with Gasteiger partial charge in [-0.05, 0) is 44.4 Å². The van der Waals surface area contributed by atoms with Gasteiger partial charge >= 0.3 is 0 Å². The first-order valence-corrected chi connectivity index (χ1v) is 9.31. The second-order valence-corrected chi connectivity index (χ2v) is 7.22. The summed E-state index contributed by atoms with van der Waals surface area (Å²) in [5, 5.41) is 7.89. The van der Waals surface area contributed by atoms with Crippen LogP contribution in [0.2, 0.25) is 0 Å². The number of hydrogen-bond acceptors (Lipinski definition) is 4. The number of rotatable bonds is 6. The number of aryl methyl sites for hydroxylation is 3. The molecule has 0 aliphatic rings. The Morgan fingerprint density at radius 2 is 1.79 bits per heavy atom. The predicted molar refractivity (Wildman–Crippen MR) is 92.6 cm³/mol. The van der Waals surface area contributed by atoms with Crippen molar-refractivity contribution in [2.45, 2.75) is 44.9 Å². The minimum atomic E-state index is -4.05. The molecule has 0 aliphatic carbocycles. The fourth-order valence-corrected chi connectivity index (χ4v) is 3.56. The fourth-order valence-electron chi connectivity index (χ4n) is 2.60. The third kappa shape index (κ3) is 4.04. The van der Waals surface area contributed by atoms with E-state index >= 15 is 0 Å². The SMILES string of the molecule is CCCCc1ccc(NC(=O)c2c(C)oc(C)c2S(N)(=O)=O)cc1. The van der Waals surface area contributed by atoms with Crippen LogP contribution in [0.25, 0.3) is 0 Å². The molecule has 0 spiro atoms. The van der Waals surface area contributed by atoms with Gasteiger partial charge in [0.1, 0.15) is 22.0 Å². The Balaban J connectivity index is 2.25. The van der Waals surface area contributed by atoms with Gasteiger partial charge < -0.3 is 9.73 Å². The molecular formula is C17H22N2O4S. The summed E-state index contributed by atoms with van der Waals surface area (Å²) in [6, 6.07) is 7.47. The van der Waals surface area contributed by atoms with Crippen LogP contribution in [0.4, 0.5) is 5.69 Å². The van der Waals surface area contributed by atoms with Gasteiger partial charge in [-0.1, -0.05) is 25.5 Å². The summed E-state index contributed by atoms with van der Waals surface area (Å²) in [5.74, 6) is -0.238. The normalized spacial score (nSPS) is 11.5. The Kier molecular flexibility index (Phi) is 5.46. The number of hydrogen-bond donors (Lipinski definition) is 2. The van der Waals surface area contributed by atoms with Crippen molar-refractivity contribution in [1.29, 1.82) is 0 Å². The summed E-state index contributed by atoms with van der Waals surface area (Å²) < 4.78 is 28.7. The zero-order valence-electron chi connectivity index (χ0n) is 14.0. The number of carbonyl (C=O) groups is 1. The standard InChI is InChI=1S/C17H22N2O4S/c1-4-5-6-13-7-9-14(10-8-13)19-17(20)15-11(2)23-12(3)16(15)24(18,21)22/h7-10H,4-6H2,1-3H3,(H,19,20)(H2,18,21,22). The molecule has 7 heteroatoms. The first-order valence-electron chi connectivity index (χ1n) is 7.77. The molecule has 6 nitrogen and oxygen atoms in total. The van der Waals surface area contributed by atoms with Crippen molar-refractivity contribution in [3.8, 4) is 0 Å². The molecule has 1 amide bonds. The van der Waals surface area contributed by atoms with Gasteiger partial charge in [-0.25, -0.2) is 13.6 Å². The zero-order chi connectivity index (χ0) is 17.9. The molecule has 24 heavy (non-hydrogen) atoms. The van der Waals surface area contributed by atoms with Crippen LogP contribution in [0.3, 0.4) is 0 Å². The lowest BCUT2D eigenvalue weighted by Crippen LogP contribution is -2.20. The number of unbranched alkanes of at least 4 members (excludes halogenated alkanes) is 1. The van der Waals surface area contributed by atoms with Crippen LogP contribution in [-0.2, 0) is 16.4 Å². The van der Waals surface area contributed by atoms with Gasteiger partial charge in [0, 0.05) is 5.69 Å². The smallest absolute Gasteiger partial charge is 0.260 e. The Bertz CT molecular complexity index is 836. The van der Waals surface area contributed by atoms with Gasteiger partial charge in [0.15, 0.2) is 0 Å². The molecule has 0 radical (unpaired) electrons. The Morgan fingerprint density at radius 1 is 1.17 bits per heavy atom. The lowest BCUT2D eigenvalue weighted by molar-refractivity contribution is 0.102. The number of amides is 1. The first-order chi connectivity index (χ1) is 11.2. The van der Waals surface area contributed by atoms with Crippen LogP contribution in [0.15, 0.2) is 33.6 Å². The van der Waals surface area contributed by atoms with Crippen molar-refractivity contribution in [2.24, 2.45) is 5.14 Å². The highest BCUT2D eigenvalue weighted by Gasteiger charge is 2.28. The number of nitrogens with two attached hydrogens (primary N) is 1. The van der Waals surface area contributed by atoms with Crippen LogP contribution >= 0.6 is 0 Å². The molecular weight excluding hydrogens is 328 g/mol. The van der Waals surface area contributed by atoms with E-state index < -0.39 is 15.9 Å². The number of primary sulfonamides is 1. The summed E-state index contributed by atoms with van der Waals surface area (Å²) in [4.78, 5) is 12.2. The summed E-state index contributed by atoms with van der Waals surface area (Å²) in [6.45, 7) is 5.13. The average Bonchev–Trinajstić information content (AvgIpc) is 2.81. The molecule has 2 aromatic rings. The van der Waals surface area contributed by atoms with Gasteiger partial charge in [-0.2, -0.15) is 0 Å².